The molecule has 38 heavy (non-hydrogen) atoms. The molecule has 2 aromatic rings. The molecule has 0 fully saturated rings. The first-order chi connectivity index (χ1) is 18.1. The summed E-state index contributed by atoms with van der Waals surface area (Å²) in [5.74, 6) is 1.12. The smallest absolute Gasteiger partial charge is 0.251 e. The molecule has 0 aromatic heterocycles. The average Bonchev–Trinajstić information content (AvgIpc) is 2.89. The summed E-state index contributed by atoms with van der Waals surface area (Å²) in [7, 11) is 0. The molecule has 9 nitrogen and oxygen atoms in total. The molecule has 0 bridgehead atoms. The zero-order chi connectivity index (χ0) is 27.2. The Morgan fingerprint density at radius 2 is 1.97 bits per heavy atom. The highest BCUT2D eigenvalue weighted by Crippen LogP contribution is 2.44. The lowest BCUT2D eigenvalue weighted by atomic mass is 9.77. The van der Waals surface area contributed by atoms with Crippen LogP contribution in [0, 0.1) is 5.41 Å². The number of guanidine groups is 1. The molecule has 5 atom stereocenters. The summed E-state index contributed by atoms with van der Waals surface area (Å²) >= 11 is 0. The molecule has 3 aliphatic rings. The highest BCUT2D eigenvalue weighted by Gasteiger charge is 2.43. The molecule has 3 aliphatic heterocycles. The number of fused-ring (bicyclic) bond motifs is 2. The van der Waals surface area contributed by atoms with Crippen LogP contribution in [0.15, 0.2) is 47.5 Å². The number of nitrogens with zero attached hydrogens (tertiary/aromatic N) is 2. The van der Waals surface area contributed by atoms with Gasteiger partial charge in [0.15, 0.2) is 5.96 Å². The molecule has 0 spiro atoms. The normalized spacial score (nSPS) is 30.3. The maximum Gasteiger partial charge on any atom is 0.251 e. The van der Waals surface area contributed by atoms with Crippen molar-refractivity contribution in [2.75, 3.05) is 13.2 Å². The summed E-state index contributed by atoms with van der Waals surface area (Å²) in [6.45, 7) is 7.89. The topological polar surface area (TPSA) is 126 Å². The zero-order valence-electron chi connectivity index (χ0n) is 22.4. The van der Waals surface area contributed by atoms with Gasteiger partial charge in [0, 0.05) is 28.5 Å². The molecule has 4 N–H and O–H groups in total. The first-order valence-electron chi connectivity index (χ1n) is 13.2. The fourth-order valence-electron chi connectivity index (χ4n) is 5.61. The number of nitrogens with one attached hydrogen (secondary N) is 1. The Hall–Kier alpha value is -3.59. The Morgan fingerprint density at radius 1 is 1.21 bits per heavy atom. The van der Waals surface area contributed by atoms with Gasteiger partial charge in [-0.05, 0) is 44.5 Å². The second-order valence-corrected chi connectivity index (χ2v) is 11.2. The minimum absolute atomic E-state index is 0.0840. The second-order valence-electron chi connectivity index (χ2n) is 11.2. The Labute approximate surface area is 223 Å². The number of rotatable bonds is 5. The van der Waals surface area contributed by atoms with Crippen LogP contribution in [0.3, 0.4) is 0 Å². The number of hydrogen-bond donors (Lipinski definition) is 3. The lowest BCUT2D eigenvalue weighted by Gasteiger charge is -2.42. The third-order valence-corrected chi connectivity index (χ3v) is 8.14. The average molecular weight is 521 g/mol. The number of hydrogen-bond acceptors (Lipinski definition) is 7. The maximum atomic E-state index is 13.6. The van der Waals surface area contributed by atoms with Crippen LogP contribution in [0.25, 0.3) is 0 Å². The fourth-order valence-corrected chi connectivity index (χ4v) is 5.61. The summed E-state index contributed by atoms with van der Waals surface area (Å²) in [6.07, 6.45) is 1.37. The maximum absolute atomic E-state index is 13.6. The lowest BCUT2D eigenvalue weighted by molar-refractivity contribution is -0.132. The number of carbonyl (C=O) groups is 2. The molecular weight excluding hydrogens is 484 g/mol. The standard InChI is InChI=1S/C29H36N4O5/c1-5-29(4)14-24(35)33(27(30)32-29)21-12-17(2)38-23-11-10-18(13-20(21)23)26(36)31-25-19-8-6-7-9-22(19)37-16-28(25,3)15-34/h6-11,13,17,21,25,34H,5,12,14-16H2,1-4H3,(H2,30,32)(H,31,36)/t17?,21?,25-,28-,29-/m1/s1. The number of amides is 2. The first kappa shape index (κ1) is 26.0. The van der Waals surface area contributed by atoms with Gasteiger partial charge in [-0.15, -0.1) is 0 Å². The fraction of sp³-hybridized carbons (Fsp3) is 0.483. The largest absolute Gasteiger partial charge is 0.492 e. The van der Waals surface area contributed by atoms with E-state index in [1.54, 1.807) is 23.1 Å². The van der Waals surface area contributed by atoms with Crippen LogP contribution in [-0.2, 0) is 4.79 Å². The molecule has 202 valence electrons. The van der Waals surface area contributed by atoms with Crippen molar-refractivity contribution in [3.63, 3.8) is 0 Å². The Morgan fingerprint density at radius 3 is 2.68 bits per heavy atom. The molecule has 0 radical (unpaired) electrons. The molecule has 0 saturated heterocycles. The van der Waals surface area contributed by atoms with Gasteiger partial charge in [-0.2, -0.15) is 0 Å². The van der Waals surface area contributed by atoms with Crippen LogP contribution in [0.2, 0.25) is 0 Å². The van der Waals surface area contributed by atoms with E-state index in [9.17, 15) is 14.7 Å². The van der Waals surface area contributed by atoms with Gasteiger partial charge in [0.25, 0.3) is 5.91 Å². The minimum Gasteiger partial charge on any atom is -0.492 e. The van der Waals surface area contributed by atoms with Gasteiger partial charge in [0.1, 0.15) is 11.5 Å². The van der Waals surface area contributed by atoms with Gasteiger partial charge in [0.2, 0.25) is 5.91 Å². The van der Waals surface area contributed by atoms with E-state index in [0.29, 0.717) is 29.9 Å². The van der Waals surface area contributed by atoms with E-state index in [0.717, 1.165) is 11.1 Å². The summed E-state index contributed by atoms with van der Waals surface area (Å²) in [4.78, 5) is 33.1. The number of carbonyl (C=O) groups excluding carboxylic acids is 2. The zero-order valence-corrected chi connectivity index (χ0v) is 22.4. The highest BCUT2D eigenvalue weighted by molar-refractivity contribution is 6.00. The van der Waals surface area contributed by atoms with Crippen LogP contribution in [0.4, 0.5) is 0 Å². The predicted octanol–water partition coefficient (Wildman–Crippen LogP) is 3.48. The van der Waals surface area contributed by atoms with E-state index >= 15 is 0 Å². The van der Waals surface area contributed by atoms with Crippen molar-refractivity contribution in [3.05, 3.63) is 59.2 Å². The minimum atomic E-state index is -0.698. The predicted molar refractivity (Wildman–Crippen MR) is 143 cm³/mol. The van der Waals surface area contributed by atoms with E-state index in [-0.39, 0.29) is 43.5 Å². The SMILES string of the molecule is CC[C@]1(C)CC(=O)N(C2CC(C)Oc3ccc(C(=O)N[C@@H]4c5ccccc5OC[C@@]4(C)CO)cc32)C(N)=N1. The van der Waals surface area contributed by atoms with Gasteiger partial charge in [-0.3, -0.25) is 14.5 Å². The van der Waals surface area contributed by atoms with Gasteiger partial charge in [0.05, 0.1) is 43.4 Å². The molecular formula is C29H36N4O5. The number of nitrogens with two attached hydrogens (primary N) is 1. The number of aliphatic imine (C=N–C) groups is 1. The second kappa shape index (κ2) is 9.62. The van der Waals surface area contributed by atoms with E-state index in [1.165, 1.54) is 0 Å². The molecule has 2 aromatic carbocycles. The van der Waals surface area contributed by atoms with E-state index < -0.39 is 23.0 Å². The Bertz CT molecular complexity index is 1300. The highest BCUT2D eigenvalue weighted by atomic mass is 16.5. The van der Waals surface area contributed by atoms with Crippen LogP contribution in [0.5, 0.6) is 11.5 Å². The lowest BCUT2D eigenvalue weighted by Crippen LogP contribution is -2.53. The van der Waals surface area contributed by atoms with Crippen LogP contribution in [-0.4, -0.2) is 52.6 Å². The number of para-hydroxylation sites is 1. The molecule has 2 amide bonds. The number of aliphatic hydroxyl groups is 1. The number of aliphatic hydroxyl groups excluding tert-OH is 1. The third-order valence-electron chi connectivity index (χ3n) is 8.14. The van der Waals surface area contributed by atoms with Crippen molar-refractivity contribution in [2.45, 2.75) is 70.7 Å². The molecule has 3 heterocycles. The van der Waals surface area contributed by atoms with Crippen molar-refractivity contribution < 1.29 is 24.2 Å². The van der Waals surface area contributed by atoms with Crippen molar-refractivity contribution in [3.8, 4) is 11.5 Å². The van der Waals surface area contributed by atoms with E-state index in [4.69, 9.17) is 15.2 Å². The van der Waals surface area contributed by atoms with Crippen molar-refractivity contribution in [2.24, 2.45) is 16.1 Å². The molecule has 0 aliphatic carbocycles. The Balaban J connectivity index is 1.48. The van der Waals surface area contributed by atoms with Gasteiger partial charge in [-0.25, -0.2) is 4.99 Å². The quantitative estimate of drug-likeness (QED) is 0.554. The molecule has 2 unspecified atom stereocenters. The van der Waals surface area contributed by atoms with E-state index in [1.807, 2.05) is 52.0 Å². The van der Waals surface area contributed by atoms with Crippen molar-refractivity contribution in [1.82, 2.24) is 10.2 Å². The monoisotopic (exact) mass is 520 g/mol. The van der Waals surface area contributed by atoms with Crippen LogP contribution >= 0.6 is 0 Å². The molecule has 0 saturated carbocycles. The third kappa shape index (κ3) is 4.49. The molecule has 5 rings (SSSR count). The van der Waals surface area contributed by atoms with Crippen LogP contribution in [0.1, 0.15) is 80.5 Å². The van der Waals surface area contributed by atoms with Gasteiger partial charge in [-0.1, -0.05) is 32.0 Å². The van der Waals surface area contributed by atoms with Crippen molar-refractivity contribution in [1.29, 1.82) is 0 Å². The summed E-state index contributed by atoms with van der Waals surface area (Å²) in [5, 5.41) is 13.3. The van der Waals surface area contributed by atoms with Gasteiger partial charge >= 0.3 is 0 Å². The summed E-state index contributed by atoms with van der Waals surface area (Å²) in [6, 6.07) is 11.9. The summed E-state index contributed by atoms with van der Waals surface area (Å²) < 4.78 is 11.9. The van der Waals surface area contributed by atoms with Crippen molar-refractivity contribution >= 4 is 17.8 Å². The van der Waals surface area contributed by atoms with E-state index in [2.05, 4.69) is 10.3 Å². The first-order valence-corrected chi connectivity index (χ1v) is 13.2. The molecule has 9 heteroatoms. The van der Waals surface area contributed by atoms with Gasteiger partial charge < -0.3 is 25.6 Å². The number of ether oxygens (including phenoxy) is 2. The summed E-state index contributed by atoms with van der Waals surface area (Å²) in [5.41, 5.74) is 7.12. The number of benzene rings is 2. The van der Waals surface area contributed by atoms with Crippen LogP contribution < -0.4 is 20.5 Å². The Kier molecular flexibility index (Phi) is 6.59.